The molecule has 2 unspecified atom stereocenters. The lowest BCUT2D eigenvalue weighted by molar-refractivity contribution is -0.139. The number of ether oxygens (including phenoxy) is 1. The molecule has 8 nitrogen and oxygen atoms in total. The van der Waals surface area contributed by atoms with Crippen LogP contribution >= 0.6 is 0 Å². The number of carbonyl (C=O) groups is 3. The Kier molecular flexibility index (Phi) is 9.81. The van der Waals surface area contributed by atoms with Gasteiger partial charge in [-0.1, -0.05) is 54.1 Å². The lowest BCUT2D eigenvalue weighted by Crippen LogP contribution is -2.52. The van der Waals surface area contributed by atoms with Crippen molar-refractivity contribution in [2.24, 2.45) is 0 Å². The zero-order valence-corrected chi connectivity index (χ0v) is 25.2. The first-order chi connectivity index (χ1) is 19.2. The monoisotopic (exact) mass is 559 g/mol. The Morgan fingerprint density at radius 1 is 0.902 bits per heavy atom. The van der Waals surface area contributed by atoms with Crippen molar-refractivity contribution < 1.29 is 24.2 Å². The van der Waals surface area contributed by atoms with Crippen LogP contribution < -0.4 is 10.6 Å². The van der Waals surface area contributed by atoms with Gasteiger partial charge in [-0.05, 0) is 88.4 Å². The lowest BCUT2D eigenvalue weighted by atomic mass is 9.95. The number of hydrogen-bond donors (Lipinski definition) is 3. The number of para-hydroxylation sites is 1. The Morgan fingerprint density at radius 3 is 2.10 bits per heavy atom. The SMILES string of the molecule is Cc1ccc(C)c(C(C(=O)Nc2c(C)cccc2C)N(C)C(=O)C(Cc2ccc(O)cc2)NC(=O)OC(C)(C)C)c1. The second-order valence-corrected chi connectivity index (χ2v) is 11.5. The average molecular weight is 560 g/mol. The van der Waals surface area contributed by atoms with E-state index in [-0.39, 0.29) is 18.1 Å². The first-order valence-electron chi connectivity index (χ1n) is 13.6. The van der Waals surface area contributed by atoms with Crippen molar-refractivity contribution in [2.45, 2.75) is 72.6 Å². The minimum Gasteiger partial charge on any atom is -0.508 e. The van der Waals surface area contributed by atoms with Gasteiger partial charge in [-0.25, -0.2) is 4.79 Å². The molecule has 3 rings (SSSR count). The fourth-order valence-electron chi connectivity index (χ4n) is 4.67. The third-order valence-corrected chi connectivity index (χ3v) is 6.81. The molecule has 3 aromatic rings. The van der Waals surface area contributed by atoms with Crippen molar-refractivity contribution in [2.75, 3.05) is 12.4 Å². The molecule has 0 spiro atoms. The van der Waals surface area contributed by atoms with E-state index in [1.165, 1.54) is 17.0 Å². The highest BCUT2D eigenvalue weighted by Crippen LogP contribution is 2.29. The summed E-state index contributed by atoms with van der Waals surface area (Å²) in [5.74, 6) is -0.744. The van der Waals surface area contributed by atoms with Crippen molar-refractivity contribution in [1.29, 1.82) is 0 Å². The van der Waals surface area contributed by atoms with Crippen LogP contribution in [0.1, 0.15) is 60.2 Å². The molecule has 218 valence electrons. The highest BCUT2D eigenvalue weighted by atomic mass is 16.6. The molecule has 2 atom stereocenters. The molecule has 0 radical (unpaired) electrons. The predicted octanol–water partition coefficient (Wildman–Crippen LogP) is 5.90. The van der Waals surface area contributed by atoms with Crippen LogP contribution in [-0.2, 0) is 20.7 Å². The van der Waals surface area contributed by atoms with Gasteiger partial charge in [0.05, 0.1) is 0 Å². The molecule has 41 heavy (non-hydrogen) atoms. The van der Waals surface area contributed by atoms with E-state index in [1.54, 1.807) is 40.0 Å². The highest BCUT2D eigenvalue weighted by molar-refractivity contribution is 6.00. The molecule has 3 amide bonds. The van der Waals surface area contributed by atoms with Crippen LogP contribution in [0.15, 0.2) is 60.7 Å². The first kappa shape index (κ1) is 31.2. The van der Waals surface area contributed by atoms with Crippen LogP contribution in [0.5, 0.6) is 5.75 Å². The molecule has 0 aliphatic rings. The van der Waals surface area contributed by atoms with Crippen LogP contribution in [0.4, 0.5) is 10.5 Å². The third kappa shape index (κ3) is 8.33. The molecule has 0 aliphatic carbocycles. The fraction of sp³-hybridized carbons (Fsp3) is 0.364. The number of rotatable bonds is 8. The summed E-state index contributed by atoms with van der Waals surface area (Å²) < 4.78 is 5.45. The summed E-state index contributed by atoms with van der Waals surface area (Å²) in [7, 11) is 1.57. The number of anilines is 1. The van der Waals surface area contributed by atoms with E-state index in [1.807, 2.05) is 64.1 Å². The van der Waals surface area contributed by atoms with E-state index >= 15 is 0 Å². The zero-order valence-electron chi connectivity index (χ0n) is 25.2. The number of phenolic OH excluding ortho intramolecular Hbond substituents is 1. The van der Waals surface area contributed by atoms with Crippen LogP contribution in [0.25, 0.3) is 0 Å². The predicted molar refractivity (Wildman–Crippen MR) is 161 cm³/mol. The van der Waals surface area contributed by atoms with E-state index in [4.69, 9.17) is 4.74 Å². The number of aryl methyl sites for hydroxylation is 4. The Balaban J connectivity index is 2.03. The molecule has 0 aromatic heterocycles. The maximum absolute atomic E-state index is 14.1. The molecular weight excluding hydrogens is 518 g/mol. The summed E-state index contributed by atoms with van der Waals surface area (Å²) in [6.07, 6.45) is -0.618. The Labute approximate surface area is 242 Å². The molecule has 0 saturated carbocycles. The van der Waals surface area contributed by atoms with Crippen molar-refractivity contribution in [3.63, 3.8) is 0 Å². The second-order valence-electron chi connectivity index (χ2n) is 11.5. The van der Waals surface area contributed by atoms with E-state index < -0.39 is 29.7 Å². The largest absolute Gasteiger partial charge is 0.508 e. The van der Waals surface area contributed by atoms with E-state index in [0.29, 0.717) is 16.8 Å². The number of amides is 3. The quantitative estimate of drug-likeness (QED) is 0.319. The molecule has 0 saturated heterocycles. The zero-order chi connectivity index (χ0) is 30.5. The topological polar surface area (TPSA) is 108 Å². The number of nitrogens with zero attached hydrogens (tertiary/aromatic N) is 1. The average Bonchev–Trinajstić information content (AvgIpc) is 2.87. The van der Waals surface area contributed by atoms with Crippen LogP contribution in [0, 0.1) is 27.7 Å². The fourth-order valence-corrected chi connectivity index (χ4v) is 4.67. The van der Waals surface area contributed by atoms with Gasteiger partial charge in [0.2, 0.25) is 5.91 Å². The molecule has 0 bridgehead atoms. The van der Waals surface area contributed by atoms with Crippen molar-refractivity contribution in [3.8, 4) is 5.75 Å². The van der Waals surface area contributed by atoms with Gasteiger partial charge in [0.25, 0.3) is 5.91 Å². The minimum absolute atomic E-state index is 0.0898. The van der Waals surface area contributed by atoms with E-state index in [9.17, 15) is 19.5 Å². The first-order valence-corrected chi connectivity index (χ1v) is 13.6. The third-order valence-electron chi connectivity index (χ3n) is 6.81. The number of phenols is 1. The molecule has 3 N–H and O–H groups in total. The molecular formula is C33H41N3O5. The molecule has 0 fully saturated rings. The lowest BCUT2D eigenvalue weighted by Gasteiger charge is -2.33. The summed E-state index contributed by atoms with van der Waals surface area (Å²) in [4.78, 5) is 42.3. The second kappa shape index (κ2) is 12.9. The van der Waals surface area contributed by atoms with Gasteiger partial charge >= 0.3 is 6.09 Å². The van der Waals surface area contributed by atoms with Gasteiger partial charge in [-0.15, -0.1) is 0 Å². The van der Waals surface area contributed by atoms with E-state index in [0.717, 1.165) is 22.3 Å². The van der Waals surface area contributed by atoms with Gasteiger partial charge in [-0.3, -0.25) is 9.59 Å². The Hall–Kier alpha value is -4.33. The molecule has 8 heteroatoms. The van der Waals surface area contributed by atoms with Gasteiger partial charge in [-0.2, -0.15) is 0 Å². The normalized spacial score (nSPS) is 12.7. The number of aromatic hydroxyl groups is 1. The van der Waals surface area contributed by atoms with Crippen LogP contribution in [0.3, 0.4) is 0 Å². The van der Waals surface area contributed by atoms with Gasteiger partial charge in [0.15, 0.2) is 0 Å². The Morgan fingerprint density at radius 2 is 1.51 bits per heavy atom. The standard InChI is InChI=1S/C33H41N3O5/c1-20-12-13-21(2)26(18-20)29(30(38)35-28-22(3)10-9-11-23(28)4)36(8)31(39)27(34-32(40)41-33(5,6)7)19-24-14-16-25(37)17-15-24/h9-18,27,29,37H,19H2,1-8H3,(H,34,40)(H,35,38). The van der Waals surface area contributed by atoms with Crippen LogP contribution in [0.2, 0.25) is 0 Å². The maximum atomic E-state index is 14.1. The van der Waals surface area contributed by atoms with Crippen molar-refractivity contribution in [1.82, 2.24) is 10.2 Å². The van der Waals surface area contributed by atoms with Gasteiger partial charge in [0.1, 0.15) is 23.4 Å². The number of hydrogen-bond acceptors (Lipinski definition) is 5. The number of alkyl carbamates (subject to hydrolysis) is 1. The van der Waals surface area contributed by atoms with Crippen molar-refractivity contribution in [3.05, 3.63) is 94.0 Å². The molecule has 0 heterocycles. The smallest absolute Gasteiger partial charge is 0.408 e. The minimum atomic E-state index is -1.04. The Bertz CT molecular complexity index is 1390. The van der Waals surface area contributed by atoms with Crippen LogP contribution in [-0.4, -0.2) is 46.6 Å². The maximum Gasteiger partial charge on any atom is 0.408 e. The number of carbonyl (C=O) groups excluding carboxylic acids is 3. The van der Waals surface area contributed by atoms with Crippen molar-refractivity contribution >= 4 is 23.6 Å². The number of likely N-dealkylation sites (N-methyl/N-ethyl adjacent to an activating group) is 1. The van der Waals surface area contributed by atoms with E-state index in [2.05, 4.69) is 10.6 Å². The number of nitrogens with one attached hydrogen (secondary N) is 2. The number of benzene rings is 3. The summed E-state index contributed by atoms with van der Waals surface area (Å²) in [6.45, 7) is 12.9. The molecule has 3 aromatic carbocycles. The summed E-state index contributed by atoms with van der Waals surface area (Å²) in [5.41, 5.74) is 4.94. The van der Waals surface area contributed by atoms with Gasteiger partial charge in [0, 0.05) is 19.2 Å². The van der Waals surface area contributed by atoms with Gasteiger partial charge < -0.3 is 25.4 Å². The summed E-state index contributed by atoms with van der Waals surface area (Å²) in [6, 6.07) is 15.9. The summed E-state index contributed by atoms with van der Waals surface area (Å²) in [5, 5.41) is 15.5. The molecule has 0 aliphatic heterocycles. The summed E-state index contributed by atoms with van der Waals surface area (Å²) >= 11 is 0. The highest BCUT2D eigenvalue weighted by Gasteiger charge is 2.35.